The molecule has 74 valence electrons. The van der Waals surface area contributed by atoms with E-state index in [2.05, 4.69) is 0 Å². The Morgan fingerprint density at radius 2 is 1.54 bits per heavy atom. The first-order valence-corrected chi connectivity index (χ1v) is 5.79. The van der Waals surface area contributed by atoms with Gasteiger partial charge >= 0.3 is 0 Å². The Bertz CT molecular complexity index is 187. The minimum atomic E-state index is 0.445. The van der Waals surface area contributed by atoms with E-state index in [1.807, 2.05) is 0 Å². The molecule has 2 rings (SSSR count). The zero-order chi connectivity index (χ0) is 9.26. The molecule has 1 nitrogen and oxygen atoms in total. The van der Waals surface area contributed by atoms with E-state index in [0.29, 0.717) is 11.7 Å². The largest absolute Gasteiger partial charge is 0.300 e. The summed E-state index contributed by atoms with van der Waals surface area (Å²) in [4.78, 5) is 11.5. The van der Waals surface area contributed by atoms with Crippen LogP contribution in [0.3, 0.4) is 0 Å². The summed E-state index contributed by atoms with van der Waals surface area (Å²) >= 11 is 0. The van der Waals surface area contributed by atoms with Crippen LogP contribution in [0.4, 0.5) is 0 Å². The third-order valence-electron chi connectivity index (χ3n) is 3.76. The fraction of sp³-hybridized carbons (Fsp3) is 0.917. The minimum Gasteiger partial charge on any atom is -0.300 e. The number of carbonyl (C=O) groups excluding carboxylic acids is 1. The van der Waals surface area contributed by atoms with Gasteiger partial charge in [-0.1, -0.05) is 19.3 Å². The van der Waals surface area contributed by atoms with Crippen LogP contribution in [0.2, 0.25) is 0 Å². The lowest BCUT2D eigenvalue weighted by molar-refractivity contribution is -0.123. The summed E-state index contributed by atoms with van der Waals surface area (Å²) in [5.41, 5.74) is 0. The molecule has 0 aliphatic heterocycles. The van der Waals surface area contributed by atoms with E-state index in [-0.39, 0.29) is 0 Å². The van der Waals surface area contributed by atoms with Crippen molar-refractivity contribution < 1.29 is 4.79 Å². The summed E-state index contributed by atoms with van der Waals surface area (Å²) in [6.07, 6.45) is 9.40. The molecule has 0 bridgehead atoms. The van der Waals surface area contributed by atoms with Gasteiger partial charge in [-0.15, -0.1) is 0 Å². The number of hydrogen-bond donors (Lipinski definition) is 0. The monoisotopic (exact) mass is 180 g/mol. The van der Waals surface area contributed by atoms with E-state index < -0.39 is 0 Å². The van der Waals surface area contributed by atoms with Gasteiger partial charge in [0, 0.05) is 5.92 Å². The maximum absolute atomic E-state index is 11.5. The quantitative estimate of drug-likeness (QED) is 0.652. The molecule has 0 saturated heterocycles. The second-order valence-electron chi connectivity index (χ2n) is 4.87. The summed E-state index contributed by atoms with van der Waals surface area (Å²) < 4.78 is 0. The van der Waals surface area contributed by atoms with Gasteiger partial charge in [-0.3, -0.25) is 4.79 Å². The van der Waals surface area contributed by atoms with Crippen molar-refractivity contribution in [3.05, 3.63) is 0 Å². The average Bonchev–Trinajstić information content (AvgIpc) is 2.90. The van der Waals surface area contributed by atoms with Crippen molar-refractivity contribution in [2.45, 2.75) is 51.9 Å². The Labute approximate surface area is 80.9 Å². The number of carbonyl (C=O) groups is 1. The molecule has 2 aliphatic rings. The predicted molar refractivity (Wildman–Crippen MR) is 53.5 cm³/mol. The van der Waals surface area contributed by atoms with Crippen LogP contribution in [-0.2, 0) is 4.79 Å². The number of rotatable bonds is 3. The lowest BCUT2D eigenvalue weighted by Gasteiger charge is -2.28. The summed E-state index contributed by atoms with van der Waals surface area (Å²) in [6, 6.07) is 0. The Morgan fingerprint density at radius 1 is 1.00 bits per heavy atom. The molecule has 0 radical (unpaired) electrons. The van der Waals surface area contributed by atoms with Gasteiger partial charge in [0.15, 0.2) is 0 Å². The van der Waals surface area contributed by atoms with Gasteiger partial charge in [0.2, 0.25) is 0 Å². The van der Waals surface area contributed by atoms with Crippen LogP contribution in [-0.4, -0.2) is 5.78 Å². The summed E-state index contributed by atoms with van der Waals surface area (Å²) in [5.74, 6) is 2.44. The van der Waals surface area contributed by atoms with Crippen molar-refractivity contribution in [1.29, 1.82) is 0 Å². The minimum absolute atomic E-state index is 0.445. The smallest absolute Gasteiger partial charge is 0.133 e. The van der Waals surface area contributed by atoms with Crippen LogP contribution >= 0.6 is 0 Å². The Balaban J connectivity index is 1.96. The third kappa shape index (κ3) is 2.12. The van der Waals surface area contributed by atoms with Crippen LogP contribution < -0.4 is 0 Å². The van der Waals surface area contributed by atoms with E-state index in [4.69, 9.17) is 0 Å². The van der Waals surface area contributed by atoms with E-state index in [1.165, 1.54) is 44.9 Å². The second kappa shape index (κ2) is 3.81. The summed E-state index contributed by atoms with van der Waals surface area (Å²) in [5, 5.41) is 0. The van der Waals surface area contributed by atoms with Crippen molar-refractivity contribution in [2.24, 2.45) is 17.8 Å². The molecule has 0 aromatic rings. The topological polar surface area (TPSA) is 17.1 Å². The van der Waals surface area contributed by atoms with Gasteiger partial charge in [0.25, 0.3) is 0 Å². The highest BCUT2D eigenvalue weighted by atomic mass is 16.1. The van der Waals surface area contributed by atoms with Crippen molar-refractivity contribution >= 4 is 5.78 Å². The first kappa shape index (κ1) is 9.23. The van der Waals surface area contributed by atoms with Gasteiger partial charge in [0.1, 0.15) is 5.78 Å². The molecular formula is C12H20O. The van der Waals surface area contributed by atoms with Crippen LogP contribution in [0, 0.1) is 17.8 Å². The van der Waals surface area contributed by atoms with Crippen LogP contribution in [0.15, 0.2) is 0 Å². The van der Waals surface area contributed by atoms with Gasteiger partial charge in [0.05, 0.1) is 0 Å². The fourth-order valence-corrected chi connectivity index (χ4v) is 3.00. The standard InChI is InChI=1S/C12H20O/c1-9(13)12(11-7-8-11)10-5-3-2-4-6-10/h10-12H,2-8H2,1H3/t12-/m1/s1. The van der Waals surface area contributed by atoms with Crippen molar-refractivity contribution in [2.75, 3.05) is 0 Å². The molecule has 13 heavy (non-hydrogen) atoms. The van der Waals surface area contributed by atoms with Crippen molar-refractivity contribution in [3.8, 4) is 0 Å². The molecule has 0 aromatic carbocycles. The third-order valence-corrected chi connectivity index (χ3v) is 3.76. The zero-order valence-corrected chi connectivity index (χ0v) is 8.59. The average molecular weight is 180 g/mol. The number of hydrogen-bond acceptors (Lipinski definition) is 1. The van der Waals surface area contributed by atoms with Crippen LogP contribution in [0.25, 0.3) is 0 Å². The molecule has 0 spiro atoms. The maximum Gasteiger partial charge on any atom is 0.133 e. The number of ketones is 1. The molecule has 0 unspecified atom stereocenters. The SMILES string of the molecule is CC(=O)[C@H](C1CCCCC1)C1CC1. The molecule has 1 heteroatoms. The molecule has 0 N–H and O–H groups in total. The van der Waals surface area contributed by atoms with Gasteiger partial charge in [-0.05, 0) is 44.4 Å². The first-order chi connectivity index (χ1) is 6.29. The molecule has 2 aliphatic carbocycles. The molecule has 2 fully saturated rings. The van der Waals surface area contributed by atoms with Gasteiger partial charge in [-0.25, -0.2) is 0 Å². The Kier molecular flexibility index (Phi) is 2.71. The maximum atomic E-state index is 11.5. The Morgan fingerprint density at radius 3 is 2.00 bits per heavy atom. The first-order valence-electron chi connectivity index (χ1n) is 5.79. The highest BCUT2D eigenvalue weighted by Gasteiger charge is 2.39. The van der Waals surface area contributed by atoms with Crippen molar-refractivity contribution in [1.82, 2.24) is 0 Å². The molecule has 0 aromatic heterocycles. The normalized spacial score (nSPS) is 27.2. The molecule has 1 atom stereocenters. The fourth-order valence-electron chi connectivity index (χ4n) is 3.00. The van der Waals surface area contributed by atoms with Crippen molar-refractivity contribution in [3.63, 3.8) is 0 Å². The molecular weight excluding hydrogens is 160 g/mol. The lowest BCUT2D eigenvalue weighted by Crippen LogP contribution is -2.25. The second-order valence-corrected chi connectivity index (χ2v) is 4.87. The van der Waals surface area contributed by atoms with Crippen LogP contribution in [0.1, 0.15) is 51.9 Å². The molecule has 2 saturated carbocycles. The number of Topliss-reactive ketones (excluding diaryl/α,β-unsaturated/α-hetero) is 1. The van der Waals surface area contributed by atoms with E-state index in [9.17, 15) is 4.79 Å². The molecule has 0 heterocycles. The van der Waals surface area contributed by atoms with Gasteiger partial charge in [-0.2, -0.15) is 0 Å². The van der Waals surface area contributed by atoms with E-state index >= 15 is 0 Å². The summed E-state index contributed by atoms with van der Waals surface area (Å²) in [6.45, 7) is 1.80. The van der Waals surface area contributed by atoms with E-state index in [1.54, 1.807) is 6.92 Å². The zero-order valence-electron chi connectivity index (χ0n) is 8.59. The Hall–Kier alpha value is -0.330. The molecule has 0 amide bonds. The summed E-state index contributed by atoms with van der Waals surface area (Å²) in [7, 11) is 0. The van der Waals surface area contributed by atoms with E-state index in [0.717, 1.165) is 11.8 Å². The lowest BCUT2D eigenvalue weighted by atomic mass is 9.76. The highest BCUT2D eigenvalue weighted by molar-refractivity contribution is 5.79. The van der Waals surface area contributed by atoms with Crippen LogP contribution in [0.5, 0.6) is 0 Å². The highest BCUT2D eigenvalue weighted by Crippen LogP contribution is 2.45. The predicted octanol–water partition coefficient (Wildman–Crippen LogP) is 3.18. The van der Waals surface area contributed by atoms with Gasteiger partial charge < -0.3 is 0 Å².